The highest BCUT2D eigenvalue weighted by Crippen LogP contribution is 2.29. The summed E-state index contributed by atoms with van der Waals surface area (Å²) in [5, 5.41) is 2.71. The number of alkyl halides is 3. The maximum Gasteiger partial charge on any atom is 0.422 e. The van der Waals surface area contributed by atoms with Crippen molar-refractivity contribution >= 4 is 15.7 Å². The van der Waals surface area contributed by atoms with Crippen LogP contribution in [0.5, 0.6) is 5.88 Å². The van der Waals surface area contributed by atoms with Gasteiger partial charge in [0.2, 0.25) is 5.88 Å². The molecule has 11 heteroatoms. The van der Waals surface area contributed by atoms with Crippen LogP contribution in [0.15, 0.2) is 71.8 Å². The summed E-state index contributed by atoms with van der Waals surface area (Å²) in [5.41, 5.74) is 1.54. The zero-order valence-electron chi connectivity index (χ0n) is 18.5. The lowest BCUT2D eigenvalue weighted by Crippen LogP contribution is -2.26. The summed E-state index contributed by atoms with van der Waals surface area (Å²) in [4.78, 5) is 16.3. The van der Waals surface area contributed by atoms with Gasteiger partial charge in [0.1, 0.15) is 5.82 Å². The molecule has 0 bridgehead atoms. The molecule has 186 valence electrons. The van der Waals surface area contributed by atoms with Gasteiger partial charge in [0.15, 0.2) is 16.4 Å². The first kappa shape index (κ1) is 26.1. The largest absolute Gasteiger partial charge is 0.468 e. The number of amides is 1. The summed E-state index contributed by atoms with van der Waals surface area (Å²) >= 11 is 0. The lowest BCUT2D eigenvalue weighted by molar-refractivity contribution is -0.154. The number of ether oxygens (including phenoxy) is 1. The lowest BCUT2D eigenvalue weighted by atomic mass is 9.88. The van der Waals surface area contributed by atoms with Crippen molar-refractivity contribution in [3.63, 3.8) is 0 Å². The van der Waals surface area contributed by atoms with E-state index < -0.39 is 34.3 Å². The van der Waals surface area contributed by atoms with Crippen molar-refractivity contribution in [3.05, 3.63) is 89.4 Å². The number of carbonyl (C=O) groups is 1. The second-order valence-corrected chi connectivity index (χ2v) is 9.80. The quantitative estimate of drug-likeness (QED) is 0.428. The summed E-state index contributed by atoms with van der Waals surface area (Å²) in [6.07, 6.45) is -1.93. The number of pyridine rings is 1. The fourth-order valence-electron chi connectivity index (χ4n) is 3.37. The smallest absolute Gasteiger partial charge is 0.422 e. The summed E-state index contributed by atoms with van der Waals surface area (Å²) in [5.74, 6) is -1.52. The molecule has 0 fully saturated rings. The predicted molar refractivity (Wildman–Crippen MR) is 121 cm³/mol. The monoisotopic (exact) mass is 510 g/mol. The first-order valence-corrected chi connectivity index (χ1v) is 12.3. The highest BCUT2D eigenvalue weighted by molar-refractivity contribution is 7.90. The molecule has 3 rings (SSSR count). The number of nitrogens with one attached hydrogen (secondary N) is 1. The van der Waals surface area contributed by atoms with E-state index in [1.54, 1.807) is 30.3 Å². The lowest BCUT2D eigenvalue weighted by Gasteiger charge is -2.19. The standard InChI is InChI=1S/C24H22F4N2O4S/c1-35(32,33)20-4-2-3-17(13-20)21(16-5-8-19(25)9-6-16)11-12-29-23(31)18-7-10-22(30-14-18)34-15-24(26,27)28/h2-10,13-14,21H,11-12,15H2,1H3,(H,29,31). The molecule has 1 N–H and O–H groups in total. The van der Waals surface area contributed by atoms with Crippen molar-refractivity contribution in [1.82, 2.24) is 10.3 Å². The van der Waals surface area contributed by atoms with Crippen LogP contribution in [-0.4, -0.2) is 44.9 Å². The Bertz CT molecular complexity index is 1260. The van der Waals surface area contributed by atoms with E-state index in [1.165, 1.54) is 30.3 Å². The van der Waals surface area contributed by atoms with Crippen LogP contribution in [0.2, 0.25) is 0 Å². The van der Waals surface area contributed by atoms with Gasteiger partial charge >= 0.3 is 6.18 Å². The van der Waals surface area contributed by atoms with Crippen LogP contribution in [0.3, 0.4) is 0 Å². The van der Waals surface area contributed by atoms with Crippen LogP contribution in [0.25, 0.3) is 0 Å². The third-order valence-electron chi connectivity index (χ3n) is 5.06. The van der Waals surface area contributed by atoms with Gasteiger partial charge in [-0.05, 0) is 47.9 Å². The normalized spacial score (nSPS) is 12.7. The minimum atomic E-state index is -4.50. The first-order chi connectivity index (χ1) is 16.4. The third kappa shape index (κ3) is 7.78. The molecular weight excluding hydrogens is 488 g/mol. The van der Waals surface area contributed by atoms with Gasteiger partial charge in [-0.1, -0.05) is 24.3 Å². The number of nitrogens with zero attached hydrogens (tertiary/aromatic N) is 1. The third-order valence-corrected chi connectivity index (χ3v) is 6.17. The summed E-state index contributed by atoms with van der Waals surface area (Å²) in [6, 6.07) is 14.7. The molecule has 2 aromatic carbocycles. The predicted octanol–water partition coefficient (Wildman–Crippen LogP) is 4.52. The number of carbonyl (C=O) groups excluding carboxylic acids is 1. The number of rotatable bonds is 9. The van der Waals surface area contributed by atoms with Crippen LogP contribution in [0.4, 0.5) is 17.6 Å². The van der Waals surface area contributed by atoms with Gasteiger partial charge in [0, 0.05) is 31.0 Å². The van der Waals surface area contributed by atoms with E-state index in [1.807, 2.05) is 0 Å². The summed E-state index contributed by atoms with van der Waals surface area (Å²) in [6.45, 7) is -1.31. The molecule has 35 heavy (non-hydrogen) atoms. The van der Waals surface area contributed by atoms with Crippen molar-refractivity contribution in [3.8, 4) is 5.88 Å². The van der Waals surface area contributed by atoms with Gasteiger partial charge in [0.05, 0.1) is 10.5 Å². The number of benzene rings is 2. The van der Waals surface area contributed by atoms with Gasteiger partial charge in [-0.25, -0.2) is 17.8 Å². The van der Waals surface area contributed by atoms with Gasteiger partial charge < -0.3 is 10.1 Å². The summed E-state index contributed by atoms with van der Waals surface area (Å²) in [7, 11) is -3.44. The van der Waals surface area contributed by atoms with E-state index in [-0.39, 0.29) is 28.8 Å². The highest BCUT2D eigenvalue weighted by Gasteiger charge is 2.28. The molecular formula is C24H22F4N2O4S. The molecule has 1 atom stereocenters. The number of hydrogen-bond donors (Lipinski definition) is 1. The molecule has 0 aliphatic heterocycles. The van der Waals surface area contributed by atoms with Crippen LogP contribution >= 0.6 is 0 Å². The van der Waals surface area contributed by atoms with Gasteiger partial charge in [0.25, 0.3) is 5.91 Å². The average Bonchev–Trinajstić information content (AvgIpc) is 2.80. The Morgan fingerprint density at radius 1 is 1.06 bits per heavy atom. The Balaban J connectivity index is 1.70. The number of aromatic nitrogens is 1. The van der Waals surface area contributed by atoms with Gasteiger partial charge in [-0.15, -0.1) is 0 Å². The van der Waals surface area contributed by atoms with Crippen LogP contribution < -0.4 is 10.1 Å². The Morgan fingerprint density at radius 3 is 2.37 bits per heavy atom. The molecule has 0 saturated carbocycles. The van der Waals surface area contributed by atoms with E-state index in [2.05, 4.69) is 15.0 Å². The van der Waals surface area contributed by atoms with Gasteiger partial charge in [-0.3, -0.25) is 4.79 Å². The molecule has 1 unspecified atom stereocenters. The molecule has 0 radical (unpaired) electrons. The second kappa shape index (κ2) is 10.9. The SMILES string of the molecule is CS(=O)(=O)c1cccc(C(CCNC(=O)c2ccc(OCC(F)(F)F)nc2)c2ccc(F)cc2)c1. The van der Waals surface area contributed by atoms with E-state index in [0.717, 1.165) is 18.0 Å². The van der Waals surface area contributed by atoms with Crippen molar-refractivity contribution in [2.75, 3.05) is 19.4 Å². The fourth-order valence-corrected chi connectivity index (χ4v) is 4.05. The van der Waals surface area contributed by atoms with Crippen molar-refractivity contribution in [2.24, 2.45) is 0 Å². The van der Waals surface area contributed by atoms with Crippen molar-refractivity contribution in [2.45, 2.75) is 23.4 Å². The first-order valence-electron chi connectivity index (χ1n) is 10.4. The minimum absolute atomic E-state index is 0.127. The van der Waals surface area contributed by atoms with E-state index in [4.69, 9.17) is 0 Å². The Morgan fingerprint density at radius 2 is 1.77 bits per heavy atom. The van der Waals surface area contributed by atoms with E-state index in [9.17, 15) is 30.8 Å². The number of halogens is 4. The van der Waals surface area contributed by atoms with Crippen LogP contribution in [0, 0.1) is 5.82 Å². The Kier molecular flexibility index (Phi) is 8.11. The molecule has 0 saturated heterocycles. The zero-order valence-corrected chi connectivity index (χ0v) is 19.4. The van der Waals surface area contributed by atoms with E-state index >= 15 is 0 Å². The molecule has 1 amide bonds. The number of hydrogen-bond acceptors (Lipinski definition) is 5. The molecule has 0 spiro atoms. The van der Waals surface area contributed by atoms with Crippen molar-refractivity contribution < 1.29 is 35.5 Å². The van der Waals surface area contributed by atoms with Gasteiger partial charge in [-0.2, -0.15) is 13.2 Å². The maximum absolute atomic E-state index is 13.4. The molecule has 1 aromatic heterocycles. The molecule has 1 heterocycles. The van der Waals surface area contributed by atoms with Crippen LogP contribution in [-0.2, 0) is 9.84 Å². The van der Waals surface area contributed by atoms with Crippen LogP contribution in [0.1, 0.15) is 33.8 Å². The maximum atomic E-state index is 13.4. The average molecular weight is 511 g/mol. The Labute approximate surface area is 199 Å². The zero-order chi connectivity index (χ0) is 25.6. The molecule has 6 nitrogen and oxygen atoms in total. The Hall–Kier alpha value is -3.47. The molecule has 0 aliphatic rings. The number of sulfone groups is 1. The molecule has 0 aliphatic carbocycles. The van der Waals surface area contributed by atoms with Crippen molar-refractivity contribution in [1.29, 1.82) is 0 Å². The topological polar surface area (TPSA) is 85.4 Å². The second-order valence-electron chi connectivity index (χ2n) is 7.78. The highest BCUT2D eigenvalue weighted by atomic mass is 32.2. The van der Waals surface area contributed by atoms with E-state index in [0.29, 0.717) is 12.0 Å². The fraction of sp³-hybridized carbons (Fsp3) is 0.250. The minimum Gasteiger partial charge on any atom is -0.468 e. The summed E-state index contributed by atoms with van der Waals surface area (Å²) < 4.78 is 78.6. The molecule has 3 aromatic rings.